The molecule has 0 aliphatic rings. The van der Waals surface area contributed by atoms with Crippen LogP contribution in [0.3, 0.4) is 0 Å². The molecule has 0 aliphatic heterocycles. The maximum atomic E-state index is 12.5. The van der Waals surface area contributed by atoms with Crippen molar-refractivity contribution < 1.29 is 9.59 Å². The molecule has 0 aromatic heterocycles. The molecule has 2 amide bonds. The van der Waals surface area contributed by atoms with Crippen LogP contribution in [-0.2, 0) is 13.1 Å². The molecular formula is C26H30N4O2. The topological polar surface area (TPSA) is 64.7 Å². The minimum absolute atomic E-state index is 0.214. The number of carbonyl (C=O) groups excluding carboxylic acids is 2. The van der Waals surface area contributed by atoms with Crippen LogP contribution in [0.25, 0.3) is 0 Å². The fourth-order valence-corrected chi connectivity index (χ4v) is 3.30. The Labute approximate surface area is 189 Å². The van der Waals surface area contributed by atoms with Gasteiger partial charge in [0, 0.05) is 35.6 Å². The van der Waals surface area contributed by atoms with Gasteiger partial charge in [-0.25, -0.2) is 0 Å². The number of nitrogens with zero attached hydrogens (tertiary/aromatic N) is 2. The second kappa shape index (κ2) is 10.7. The molecule has 0 atom stereocenters. The van der Waals surface area contributed by atoms with Gasteiger partial charge in [-0.3, -0.25) is 9.59 Å². The highest BCUT2D eigenvalue weighted by molar-refractivity contribution is 6.07. The molecule has 3 aromatic carbocycles. The molecule has 32 heavy (non-hydrogen) atoms. The van der Waals surface area contributed by atoms with Crippen molar-refractivity contribution in [1.29, 1.82) is 0 Å². The summed E-state index contributed by atoms with van der Waals surface area (Å²) in [4.78, 5) is 29.2. The van der Waals surface area contributed by atoms with Crippen molar-refractivity contribution >= 4 is 23.2 Å². The summed E-state index contributed by atoms with van der Waals surface area (Å²) in [5.41, 5.74) is 4.80. The minimum atomic E-state index is -0.214. The number of nitrogens with one attached hydrogen (secondary N) is 2. The lowest BCUT2D eigenvalue weighted by atomic mass is 10.1. The lowest BCUT2D eigenvalue weighted by Gasteiger charge is -2.11. The standard InChI is InChI=1S/C26H30N4O2/c1-29(2)17-19-5-13-23(14-6-19)27-25(31)21-9-11-22(12-10-21)26(32)28-24-15-7-20(8-16-24)18-30(3)4/h5-16H,17-18H2,1-4H3,(H,27,31)(H,28,32). The molecule has 0 aliphatic carbocycles. The lowest BCUT2D eigenvalue weighted by molar-refractivity contribution is 0.101. The summed E-state index contributed by atoms with van der Waals surface area (Å²) in [6.45, 7) is 1.69. The average molecular weight is 431 g/mol. The maximum absolute atomic E-state index is 12.5. The number of hydrogen-bond acceptors (Lipinski definition) is 4. The van der Waals surface area contributed by atoms with E-state index < -0.39 is 0 Å². The van der Waals surface area contributed by atoms with E-state index in [4.69, 9.17) is 0 Å². The zero-order valence-corrected chi connectivity index (χ0v) is 19.1. The van der Waals surface area contributed by atoms with Gasteiger partial charge < -0.3 is 20.4 Å². The van der Waals surface area contributed by atoms with Gasteiger partial charge in [-0.15, -0.1) is 0 Å². The van der Waals surface area contributed by atoms with Gasteiger partial charge in [-0.1, -0.05) is 24.3 Å². The van der Waals surface area contributed by atoms with Gasteiger partial charge in [0.1, 0.15) is 0 Å². The number of carbonyl (C=O) groups is 2. The first-order valence-corrected chi connectivity index (χ1v) is 10.5. The van der Waals surface area contributed by atoms with Crippen molar-refractivity contribution in [2.75, 3.05) is 38.8 Å². The van der Waals surface area contributed by atoms with Gasteiger partial charge in [0.15, 0.2) is 0 Å². The molecule has 6 heteroatoms. The van der Waals surface area contributed by atoms with Crippen molar-refractivity contribution in [3.63, 3.8) is 0 Å². The van der Waals surface area contributed by atoms with Gasteiger partial charge in [0.25, 0.3) is 11.8 Å². The van der Waals surface area contributed by atoms with Crippen LogP contribution in [0.15, 0.2) is 72.8 Å². The Hall–Kier alpha value is -3.48. The van der Waals surface area contributed by atoms with Gasteiger partial charge in [0.05, 0.1) is 0 Å². The van der Waals surface area contributed by atoms with Crippen LogP contribution in [-0.4, -0.2) is 49.8 Å². The predicted molar refractivity (Wildman–Crippen MR) is 130 cm³/mol. The third-order valence-electron chi connectivity index (χ3n) is 4.83. The van der Waals surface area contributed by atoms with E-state index in [-0.39, 0.29) is 11.8 Å². The highest BCUT2D eigenvalue weighted by Gasteiger charge is 2.10. The highest BCUT2D eigenvalue weighted by atomic mass is 16.2. The van der Waals surface area contributed by atoms with E-state index in [1.807, 2.05) is 76.7 Å². The smallest absolute Gasteiger partial charge is 0.255 e. The van der Waals surface area contributed by atoms with Crippen LogP contribution in [0.4, 0.5) is 11.4 Å². The van der Waals surface area contributed by atoms with Crippen LogP contribution in [0.5, 0.6) is 0 Å². The maximum Gasteiger partial charge on any atom is 0.255 e. The van der Waals surface area contributed by atoms with Gasteiger partial charge >= 0.3 is 0 Å². The number of rotatable bonds is 8. The predicted octanol–water partition coefficient (Wildman–Crippen LogP) is 4.31. The van der Waals surface area contributed by atoms with Crippen molar-refractivity contribution in [2.45, 2.75) is 13.1 Å². The van der Waals surface area contributed by atoms with Crippen LogP contribution < -0.4 is 10.6 Å². The van der Waals surface area contributed by atoms with Crippen molar-refractivity contribution in [1.82, 2.24) is 9.80 Å². The van der Waals surface area contributed by atoms with Gasteiger partial charge in [-0.05, 0) is 87.8 Å². The summed E-state index contributed by atoms with van der Waals surface area (Å²) < 4.78 is 0. The van der Waals surface area contributed by atoms with E-state index >= 15 is 0 Å². The molecule has 0 heterocycles. The normalized spacial score (nSPS) is 10.9. The van der Waals surface area contributed by atoms with Crippen LogP contribution >= 0.6 is 0 Å². The molecule has 0 saturated carbocycles. The lowest BCUT2D eigenvalue weighted by Crippen LogP contribution is -2.15. The summed E-state index contributed by atoms with van der Waals surface area (Å²) >= 11 is 0. The summed E-state index contributed by atoms with van der Waals surface area (Å²) in [5.74, 6) is -0.428. The average Bonchev–Trinajstić information content (AvgIpc) is 2.76. The number of amides is 2. The fourth-order valence-electron chi connectivity index (χ4n) is 3.30. The molecule has 0 radical (unpaired) electrons. The molecule has 3 aromatic rings. The molecular weight excluding hydrogens is 400 g/mol. The zero-order chi connectivity index (χ0) is 23.1. The molecule has 6 nitrogen and oxygen atoms in total. The second-order valence-electron chi connectivity index (χ2n) is 8.36. The van der Waals surface area contributed by atoms with Crippen LogP contribution in [0.2, 0.25) is 0 Å². The number of hydrogen-bond donors (Lipinski definition) is 2. The second-order valence-corrected chi connectivity index (χ2v) is 8.36. The SMILES string of the molecule is CN(C)Cc1ccc(NC(=O)c2ccc(C(=O)Nc3ccc(CN(C)C)cc3)cc2)cc1. The zero-order valence-electron chi connectivity index (χ0n) is 19.1. The van der Waals surface area contributed by atoms with E-state index in [0.29, 0.717) is 11.1 Å². The van der Waals surface area contributed by atoms with E-state index in [2.05, 4.69) is 20.4 Å². The molecule has 2 N–H and O–H groups in total. The molecule has 3 rings (SSSR count). The first kappa shape index (κ1) is 23.2. The minimum Gasteiger partial charge on any atom is -0.322 e. The first-order valence-electron chi connectivity index (χ1n) is 10.5. The molecule has 0 unspecified atom stereocenters. The summed E-state index contributed by atoms with van der Waals surface area (Å²) in [6, 6.07) is 22.2. The first-order chi connectivity index (χ1) is 15.3. The monoisotopic (exact) mass is 430 g/mol. The summed E-state index contributed by atoms with van der Waals surface area (Å²) in [7, 11) is 8.06. The Morgan fingerprint density at radius 1 is 0.562 bits per heavy atom. The van der Waals surface area contributed by atoms with Gasteiger partial charge in [0.2, 0.25) is 0 Å². The third kappa shape index (κ3) is 6.77. The van der Waals surface area contributed by atoms with Gasteiger partial charge in [-0.2, -0.15) is 0 Å². The summed E-state index contributed by atoms with van der Waals surface area (Å²) in [6.07, 6.45) is 0. The Morgan fingerprint density at radius 2 is 0.875 bits per heavy atom. The molecule has 166 valence electrons. The quantitative estimate of drug-likeness (QED) is 0.559. The van der Waals surface area contributed by atoms with E-state index in [0.717, 1.165) is 24.5 Å². The third-order valence-corrected chi connectivity index (χ3v) is 4.83. The Kier molecular flexibility index (Phi) is 7.76. The van der Waals surface area contributed by atoms with Crippen LogP contribution in [0, 0.1) is 0 Å². The molecule has 0 spiro atoms. The Bertz CT molecular complexity index is 954. The molecule has 0 fully saturated rings. The Balaban J connectivity index is 1.57. The van der Waals surface area contributed by atoms with Crippen molar-refractivity contribution in [3.05, 3.63) is 95.1 Å². The largest absolute Gasteiger partial charge is 0.322 e. The fraction of sp³-hybridized carbons (Fsp3) is 0.231. The molecule has 0 bridgehead atoms. The van der Waals surface area contributed by atoms with E-state index in [1.54, 1.807) is 24.3 Å². The number of benzene rings is 3. The van der Waals surface area contributed by atoms with Crippen LogP contribution in [0.1, 0.15) is 31.8 Å². The summed E-state index contributed by atoms with van der Waals surface area (Å²) in [5, 5.41) is 5.78. The highest BCUT2D eigenvalue weighted by Crippen LogP contribution is 2.15. The van der Waals surface area contributed by atoms with Crippen molar-refractivity contribution in [3.8, 4) is 0 Å². The van der Waals surface area contributed by atoms with E-state index in [1.165, 1.54) is 11.1 Å². The van der Waals surface area contributed by atoms with E-state index in [9.17, 15) is 9.59 Å². The number of anilines is 2. The Morgan fingerprint density at radius 3 is 1.16 bits per heavy atom. The van der Waals surface area contributed by atoms with Crippen molar-refractivity contribution in [2.24, 2.45) is 0 Å². The molecule has 0 saturated heterocycles.